The molecule has 1 aromatic rings. The van der Waals surface area contributed by atoms with Crippen LogP contribution in [0.3, 0.4) is 0 Å². The molecule has 0 aliphatic rings. The van der Waals surface area contributed by atoms with Gasteiger partial charge < -0.3 is 5.73 Å². The number of rotatable bonds is 2. The maximum absolute atomic E-state index is 12.7. The standard InChI is InChI=1S/C5H7BrFN3/c6-3-2-9-10-5(3)4(7)1-8/h2,4H,1,8H2,(H,9,10). The number of nitrogens with one attached hydrogen (secondary N) is 1. The molecule has 0 aromatic carbocycles. The van der Waals surface area contributed by atoms with E-state index in [9.17, 15) is 4.39 Å². The average Bonchev–Trinajstić information content (AvgIpc) is 2.34. The third-order valence-electron chi connectivity index (χ3n) is 1.14. The summed E-state index contributed by atoms with van der Waals surface area (Å²) in [5, 5.41) is 6.13. The van der Waals surface area contributed by atoms with E-state index in [4.69, 9.17) is 5.73 Å². The lowest BCUT2D eigenvalue weighted by atomic mass is 10.3. The van der Waals surface area contributed by atoms with Crippen molar-refractivity contribution in [3.05, 3.63) is 16.4 Å². The van der Waals surface area contributed by atoms with Crippen LogP contribution in [0.2, 0.25) is 0 Å². The van der Waals surface area contributed by atoms with E-state index in [0.29, 0.717) is 10.2 Å². The van der Waals surface area contributed by atoms with Crippen LogP contribution < -0.4 is 5.73 Å². The highest BCUT2D eigenvalue weighted by Gasteiger charge is 2.12. The van der Waals surface area contributed by atoms with Crippen molar-refractivity contribution in [2.24, 2.45) is 5.73 Å². The Bertz CT molecular complexity index is 212. The van der Waals surface area contributed by atoms with Gasteiger partial charge in [0.2, 0.25) is 0 Å². The molecule has 0 spiro atoms. The average molecular weight is 208 g/mol. The Morgan fingerprint density at radius 3 is 3.00 bits per heavy atom. The number of H-pyrrole nitrogens is 1. The summed E-state index contributed by atoms with van der Waals surface area (Å²) in [6.45, 7) is -0.0270. The highest BCUT2D eigenvalue weighted by atomic mass is 79.9. The lowest BCUT2D eigenvalue weighted by Gasteiger charge is -2.00. The number of nitrogens with two attached hydrogens (primary N) is 1. The molecular formula is C5H7BrFN3. The van der Waals surface area contributed by atoms with Crippen LogP contribution in [-0.4, -0.2) is 16.7 Å². The summed E-state index contributed by atoms with van der Waals surface area (Å²) in [5.41, 5.74) is 5.49. The second-order valence-corrected chi connectivity index (χ2v) is 2.69. The zero-order chi connectivity index (χ0) is 7.56. The van der Waals surface area contributed by atoms with Crippen molar-refractivity contribution >= 4 is 15.9 Å². The van der Waals surface area contributed by atoms with Crippen molar-refractivity contribution in [3.8, 4) is 0 Å². The van der Waals surface area contributed by atoms with E-state index >= 15 is 0 Å². The van der Waals surface area contributed by atoms with Crippen LogP contribution in [0.15, 0.2) is 10.7 Å². The molecule has 0 amide bonds. The molecule has 1 rings (SSSR count). The van der Waals surface area contributed by atoms with E-state index in [1.807, 2.05) is 0 Å². The number of nitrogens with zero attached hydrogens (tertiary/aromatic N) is 1. The smallest absolute Gasteiger partial charge is 0.155 e. The third-order valence-corrected chi connectivity index (χ3v) is 1.77. The Hall–Kier alpha value is -0.420. The van der Waals surface area contributed by atoms with Gasteiger partial charge in [0.05, 0.1) is 16.4 Å². The van der Waals surface area contributed by atoms with Crippen molar-refractivity contribution in [1.29, 1.82) is 0 Å². The number of aromatic amines is 1. The number of halogens is 2. The molecule has 0 aliphatic heterocycles. The summed E-state index contributed by atoms with van der Waals surface area (Å²) < 4.78 is 13.4. The maximum atomic E-state index is 12.7. The van der Waals surface area contributed by atoms with Gasteiger partial charge in [-0.25, -0.2) is 4.39 Å². The van der Waals surface area contributed by atoms with E-state index < -0.39 is 6.17 Å². The Balaban J connectivity index is 2.82. The second kappa shape index (κ2) is 3.12. The normalized spacial score (nSPS) is 13.5. The summed E-state index contributed by atoms with van der Waals surface area (Å²) >= 11 is 3.12. The van der Waals surface area contributed by atoms with Crippen LogP contribution in [0.5, 0.6) is 0 Å². The minimum Gasteiger partial charge on any atom is -0.327 e. The molecule has 0 saturated heterocycles. The number of aromatic nitrogens is 2. The minimum absolute atomic E-state index is 0.0270. The van der Waals surface area contributed by atoms with Gasteiger partial charge in [-0.05, 0) is 15.9 Å². The first-order valence-corrected chi connectivity index (χ1v) is 3.58. The minimum atomic E-state index is -1.16. The molecule has 1 atom stereocenters. The van der Waals surface area contributed by atoms with Crippen molar-refractivity contribution in [1.82, 2.24) is 10.2 Å². The van der Waals surface area contributed by atoms with Gasteiger partial charge >= 0.3 is 0 Å². The Kier molecular flexibility index (Phi) is 2.39. The maximum Gasteiger partial charge on any atom is 0.155 e. The van der Waals surface area contributed by atoms with Gasteiger partial charge in [0.25, 0.3) is 0 Å². The van der Waals surface area contributed by atoms with E-state index in [-0.39, 0.29) is 6.54 Å². The fourth-order valence-corrected chi connectivity index (χ4v) is 1.06. The van der Waals surface area contributed by atoms with E-state index in [0.717, 1.165) is 0 Å². The predicted octanol–water partition coefficient (Wildman–Crippen LogP) is 1.14. The lowest BCUT2D eigenvalue weighted by Crippen LogP contribution is -2.08. The molecule has 1 unspecified atom stereocenters. The molecule has 3 N–H and O–H groups in total. The zero-order valence-corrected chi connectivity index (χ0v) is 6.73. The molecule has 0 bridgehead atoms. The SMILES string of the molecule is NCC(F)c1[nH]ncc1Br. The van der Waals surface area contributed by atoms with Crippen molar-refractivity contribution in [2.45, 2.75) is 6.17 Å². The summed E-state index contributed by atoms with van der Waals surface area (Å²) in [5.74, 6) is 0. The predicted molar refractivity (Wildman–Crippen MR) is 39.2 cm³/mol. The second-order valence-electron chi connectivity index (χ2n) is 1.83. The quantitative estimate of drug-likeness (QED) is 0.765. The molecule has 0 radical (unpaired) electrons. The van der Waals surface area contributed by atoms with Crippen molar-refractivity contribution in [3.63, 3.8) is 0 Å². The molecule has 56 valence electrons. The summed E-state index contributed by atoms with van der Waals surface area (Å²) in [4.78, 5) is 0. The molecular weight excluding hydrogens is 201 g/mol. The molecule has 3 nitrogen and oxygen atoms in total. The van der Waals surface area contributed by atoms with Crippen LogP contribution >= 0.6 is 15.9 Å². The van der Waals surface area contributed by atoms with Gasteiger partial charge in [-0.1, -0.05) is 0 Å². The summed E-state index contributed by atoms with van der Waals surface area (Å²) in [7, 11) is 0. The molecule has 5 heteroatoms. The topological polar surface area (TPSA) is 54.7 Å². The monoisotopic (exact) mass is 207 g/mol. The van der Waals surface area contributed by atoms with Crippen LogP contribution in [0, 0.1) is 0 Å². The highest BCUT2D eigenvalue weighted by Crippen LogP contribution is 2.21. The number of hydrogen-bond acceptors (Lipinski definition) is 2. The highest BCUT2D eigenvalue weighted by molar-refractivity contribution is 9.10. The van der Waals surface area contributed by atoms with E-state index in [2.05, 4.69) is 26.1 Å². The van der Waals surface area contributed by atoms with Crippen LogP contribution in [0.1, 0.15) is 11.9 Å². The molecule has 0 aliphatic carbocycles. The Morgan fingerprint density at radius 2 is 2.60 bits per heavy atom. The summed E-state index contributed by atoms with van der Waals surface area (Å²) in [6, 6.07) is 0. The molecule has 0 saturated carbocycles. The van der Waals surface area contributed by atoms with Gasteiger partial charge in [0, 0.05) is 6.54 Å². The van der Waals surface area contributed by atoms with Gasteiger partial charge in [0.1, 0.15) is 0 Å². The summed E-state index contributed by atoms with van der Waals surface area (Å²) in [6.07, 6.45) is 0.342. The van der Waals surface area contributed by atoms with Gasteiger partial charge in [-0.2, -0.15) is 5.10 Å². The van der Waals surface area contributed by atoms with Crippen LogP contribution in [0.25, 0.3) is 0 Å². The number of alkyl halides is 1. The Morgan fingerprint density at radius 1 is 1.90 bits per heavy atom. The van der Waals surface area contributed by atoms with Crippen molar-refractivity contribution < 1.29 is 4.39 Å². The first-order valence-electron chi connectivity index (χ1n) is 2.78. The van der Waals surface area contributed by atoms with Crippen LogP contribution in [-0.2, 0) is 0 Å². The molecule has 1 heterocycles. The lowest BCUT2D eigenvalue weighted by molar-refractivity contribution is 0.343. The fourth-order valence-electron chi connectivity index (χ4n) is 0.619. The Labute approximate surface area is 65.9 Å². The molecule has 1 aromatic heterocycles. The van der Waals surface area contributed by atoms with Gasteiger partial charge in [-0.15, -0.1) is 0 Å². The number of hydrogen-bond donors (Lipinski definition) is 2. The van der Waals surface area contributed by atoms with E-state index in [1.165, 1.54) is 6.20 Å². The van der Waals surface area contributed by atoms with Gasteiger partial charge in [0.15, 0.2) is 6.17 Å². The molecule has 10 heavy (non-hydrogen) atoms. The third kappa shape index (κ3) is 1.35. The first-order chi connectivity index (χ1) is 4.75. The van der Waals surface area contributed by atoms with E-state index in [1.54, 1.807) is 0 Å². The largest absolute Gasteiger partial charge is 0.327 e. The zero-order valence-electron chi connectivity index (χ0n) is 5.14. The first kappa shape index (κ1) is 7.68. The van der Waals surface area contributed by atoms with Crippen LogP contribution in [0.4, 0.5) is 4.39 Å². The fraction of sp³-hybridized carbons (Fsp3) is 0.400. The van der Waals surface area contributed by atoms with Crippen molar-refractivity contribution in [2.75, 3.05) is 6.54 Å². The molecule has 0 fully saturated rings. The van der Waals surface area contributed by atoms with Gasteiger partial charge in [-0.3, -0.25) is 5.10 Å².